The van der Waals surface area contributed by atoms with E-state index in [0.717, 1.165) is 5.75 Å². The molecule has 2 N–H and O–H groups in total. The molecule has 0 aromatic heterocycles. The molecule has 0 radical (unpaired) electrons. The van der Waals surface area contributed by atoms with Crippen molar-refractivity contribution in [2.24, 2.45) is 0 Å². The zero-order valence-electron chi connectivity index (χ0n) is 13.4. The molecule has 4 nitrogen and oxygen atoms in total. The Labute approximate surface area is 134 Å². The van der Waals surface area contributed by atoms with Crippen LogP contribution in [0.1, 0.15) is 57.2 Å². The van der Waals surface area contributed by atoms with Gasteiger partial charge in [0.15, 0.2) is 0 Å². The number of carbonyl (C=O) groups excluding carboxylic acids is 2. The Bertz CT molecular complexity index is 328. The summed E-state index contributed by atoms with van der Waals surface area (Å²) >= 11 is 0. The van der Waals surface area contributed by atoms with Crippen molar-refractivity contribution in [2.75, 3.05) is 5.75 Å². The average molecular weight is 325 g/mol. The van der Waals surface area contributed by atoms with Crippen molar-refractivity contribution >= 4 is 33.4 Å². The van der Waals surface area contributed by atoms with E-state index in [2.05, 4.69) is 24.5 Å². The molecule has 0 aliphatic heterocycles. The summed E-state index contributed by atoms with van der Waals surface area (Å²) in [5.74, 6) is 0.928. The van der Waals surface area contributed by atoms with Crippen molar-refractivity contribution < 1.29 is 12.4 Å². The lowest BCUT2D eigenvalue weighted by Gasteiger charge is -2.23. The van der Waals surface area contributed by atoms with Crippen LogP contribution in [0.2, 0.25) is 0 Å². The third-order valence-corrected chi connectivity index (χ3v) is 5.47. The summed E-state index contributed by atoms with van der Waals surface area (Å²) in [7, 11) is 3.32. The van der Waals surface area contributed by atoms with E-state index in [4.69, 9.17) is 0 Å². The lowest BCUT2D eigenvalue weighted by atomic mass is 10.1. The van der Waals surface area contributed by atoms with Gasteiger partial charge in [0.2, 0.25) is 11.8 Å². The van der Waals surface area contributed by atoms with E-state index < -0.39 is 0 Å². The van der Waals surface area contributed by atoms with Crippen molar-refractivity contribution in [1.29, 1.82) is 0 Å². The molecule has 20 heavy (non-hydrogen) atoms. The fraction of sp³-hybridized carbons (Fsp3) is 0.857. The van der Waals surface area contributed by atoms with Gasteiger partial charge in [-0.2, -0.15) is 0 Å². The Balaban J connectivity index is -0.00000180. The van der Waals surface area contributed by atoms with E-state index in [-0.39, 0.29) is 31.5 Å². The number of carbonyl (C=O) groups is 2. The van der Waals surface area contributed by atoms with Gasteiger partial charge in [0, 0.05) is 38.3 Å². The molecule has 0 aromatic rings. The van der Waals surface area contributed by atoms with Crippen LogP contribution < -0.4 is 10.6 Å². The van der Waals surface area contributed by atoms with Crippen LogP contribution in [-0.4, -0.2) is 34.4 Å². The minimum atomic E-state index is -0.127. The number of hydrogen-bond acceptors (Lipinski definition) is 4. The van der Waals surface area contributed by atoms with Crippen molar-refractivity contribution in [3.8, 4) is 0 Å². The molecule has 0 unspecified atom stereocenters. The zero-order valence-corrected chi connectivity index (χ0v) is 15.0. The van der Waals surface area contributed by atoms with E-state index in [1.165, 1.54) is 0 Å². The highest BCUT2D eigenvalue weighted by Gasteiger charge is 2.23. The van der Waals surface area contributed by atoms with Crippen LogP contribution >= 0.6 is 21.6 Å². The summed E-state index contributed by atoms with van der Waals surface area (Å²) in [5, 5.41) is 5.77. The molecule has 0 aromatic carbocycles. The molecule has 0 bridgehead atoms. The van der Waals surface area contributed by atoms with Gasteiger partial charge in [0.1, 0.15) is 0 Å². The first kappa shape index (κ1) is 19.6. The van der Waals surface area contributed by atoms with E-state index in [1.807, 2.05) is 27.7 Å². The number of amides is 2. The smallest absolute Gasteiger partial charge is 0.221 e. The lowest BCUT2D eigenvalue weighted by Crippen LogP contribution is -2.34. The van der Waals surface area contributed by atoms with Crippen molar-refractivity contribution in [3.05, 3.63) is 0 Å². The first-order valence-electron chi connectivity index (χ1n) is 7.02. The van der Waals surface area contributed by atoms with Crippen LogP contribution in [0.5, 0.6) is 0 Å². The molecule has 0 aliphatic rings. The molecular weight excluding hydrogens is 292 g/mol. The Morgan fingerprint density at radius 2 is 1.55 bits per heavy atom. The normalized spacial score (nSPS) is 11.8. The quantitative estimate of drug-likeness (QED) is 0.504. The summed E-state index contributed by atoms with van der Waals surface area (Å²) in [4.78, 5) is 23.2. The number of rotatable bonds is 9. The Morgan fingerprint density at radius 3 is 2.05 bits per heavy atom. The summed E-state index contributed by atoms with van der Waals surface area (Å²) in [6.45, 7) is 11.9. The minimum absolute atomic E-state index is 0. The van der Waals surface area contributed by atoms with Crippen LogP contribution in [0, 0.1) is 0 Å². The van der Waals surface area contributed by atoms with Crippen molar-refractivity contribution in [1.82, 2.24) is 10.6 Å². The van der Waals surface area contributed by atoms with Crippen molar-refractivity contribution in [2.45, 2.75) is 71.2 Å². The summed E-state index contributed by atoms with van der Waals surface area (Å²) < 4.78 is -0.127. The predicted molar refractivity (Wildman–Crippen MR) is 94.1 cm³/mol. The van der Waals surface area contributed by atoms with Gasteiger partial charge in [0.25, 0.3) is 0 Å². The van der Waals surface area contributed by atoms with Crippen molar-refractivity contribution in [3.63, 3.8) is 0 Å². The van der Waals surface area contributed by atoms with E-state index in [9.17, 15) is 9.59 Å². The van der Waals surface area contributed by atoms with E-state index in [0.29, 0.717) is 12.8 Å². The molecule has 0 fully saturated rings. The molecule has 2 amide bonds. The third kappa shape index (κ3) is 11.5. The van der Waals surface area contributed by atoms with Gasteiger partial charge in [0.05, 0.1) is 0 Å². The van der Waals surface area contributed by atoms with Crippen LogP contribution in [-0.2, 0) is 9.59 Å². The maximum Gasteiger partial charge on any atom is 0.221 e. The molecule has 0 aliphatic carbocycles. The Kier molecular flexibility index (Phi) is 9.38. The maximum atomic E-state index is 11.7. The van der Waals surface area contributed by atoms with E-state index in [1.54, 1.807) is 21.6 Å². The molecule has 0 heterocycles. The molecule has 0 rings (SSSR count). The largest absolute Gasteiger partial charge is 0.354 e. The first-order valence-corrected chi connectivity index (χ1v) is 9.33. The summed E-state index contributed by atoms with van der Waals surface area (Å²) in [6.07, 6.45) is 1.01. The molecule has 0 atom stereocenters. The highest BCUT2D eigenvalue weighted by atomic mass is 33.1. The number of hydrogen-bond donors (Lipinski definition) is 2. The van der Waals surface area contributed by atoms with E-state index >= 15 is 0 Å². The minimum Gasteiger partial charge on any atom is -0.354 e. The fourth-order valence-electron chi connectivity index (χ4n) is 1.52. The standard InChI is InChI=1S/C14H28N2O2S2.2H2/c1-10(2)15-12(17)7-8-19-20-14(5,6)9-13(18)16-11(3)4;;/h10-11H,7-9H2,1-6H3,(H,15,17)(H,16,18);2*1H. The Hall–Kier alpha value is -0.360. The molecule has 0 saturated heterocycles. The van der Waals surface area contributed by atoms with Gasteiger partial charge >= 0.3 is 0 Å². The highest BCUT2D eigenvalue weighted by molar-refractivity contribution is 8.77. The second-order valence-electron chi connectivity index (χ2n) is 6.04. The van der Waals surface area contributed by atoms with Gasteiger partial charge in [-0.05, 0) is 41.5 Å². The SMILES string of the molecule is CC(C)NC(=O)CCSSC(C)(C)CC(=O)NC(C)C.[HH].[HH]. The molecule has 0 saturated carbocycles. The summed E-state index contributed by atoms with van der Waals surface area (Å²) in [6, 6.07) is 0.368. The zero-order chi connectivity index (χ0) is 15.8. The number of nitrogens with one attached hydrogen (secondary N) is 2. The topological polar surface area (TPSA) is 58.2 Å². The second kappa shape index (κ2) is 9.55. The molecular formula is C14H32N2O2S2. The summed E-state index contributed by atoms with van der Waals surface area (Å²) in [5.41, 5.74) is 0. The van der Waals surface area contributed by atoms with Crippen LogP contribution in [0.4, 0.5) is 0 Å². The second-order valence-corrected chi connectivity index (χ2v) is 9.16. The lowest BCUT2D eigenvalue weighted by molar-refractivity contribution is -0.122. The fourth-order valence-corrected chi connectivity index (χ4v) is 4.01. The maximum absolute atomic E-state index is 11.7. The Morgan fingerprint density at radius 1 is 1.05 bits per heavy atom. The highest BCUT2D eigenvalue weighted by Crippen LogP contribution is 2.38. The monoisotopic (exact) mass is 324 g/mol. The van der Waals surface area contributed by atoms with Crippen LogP contribution in [0.25, 0.3) is 0 Å². The molecule has 122 valence electrons. The van der Waals surface area contributed by atoms with Crippen LogP contribution in [0.15, 0.2) is 0 Å². The first-order chi connectivity index (χ1) is 9.12. The van der Waals surface area contributed by atoms with Crippen LogP contribution in [0.3, 0.4) is 0 Å². The van der Waals surface area contributed by atoms with Gasteiger partial charge in [-0.15, -0.1) is 0 Å². The van der Waals surface area contributed by atoms with Gasteiger partial charge < -0.3 is 10.6 Å². The predicted octanol–water partition coefficient (Wildman–Crippen LogP) is 3.47. The molecule has 6 heteroatoms. The van der Waals surface area contributed by atoms with Gasteiger partial charge in [-0.1, -0.05) is 21.6 Å². The average Bonchev–Trinajstić information content (AvgIpc) is 2.21. The van der Waals surface area contributed by atoms with Gasteiger partial charge in [-0.3, -0.25) is 9.59 Å². The third-order valence-electron chi connectivity index (χ3n) is 2.18. The molecule has 0 spiro atoms. The van der Waals surface area contributed by atoms with Gasteiger partial charge in [-0.25, -0.2) is 0 Å².